The van der Waals surface area contributed by atoms with Gasteiger partial charge in [0, 0.05) is 51.4 Å². The molecule has 0 spiro atoms. The van der Waals surface area contributed by atoms with E-state index in [0.29, 0.717) is 30.3 Å². The number of benzene rings is 2. The molecule has 39 heavy (non-hydrogen) atoms. The number of halogens is 1. The lowest BCUT2D eigenvalue weighted by atomic mass is 9.94. The predicted octanol–water partition coefficient (Wildman–Crippen LogP) is 3.89. The van der Waals surface area contributed by atoms with Crippen molar-refractivity contribution in [3.05, 3.63) is 83.7 Å². The molecule has 2 aliphatic heterocycles. The first-order chi connectivity index (χ1) is 18.9. The van der Waals surface area contributed by atoms with Gasteiger partial charge in [0.05, 0.1) is 24.4 Å². The molecule has 0 bridgehead atoms. The highest BCUT2D eigenvalue weighted by molar-refractivity contribution is 7.91. The largest absolute Gasteiger partial charge is 0.345 e. The van der Waals surface area contributed by atoms with Gasteiger partial charge in [0.2, 0.25) is 0 Å². The Bertz CT molecular complexity index is 1560. The molecule has 0 amide bonds. The van der Waals surface area contributed by atoms with E-state index in [2.05, 4.69) is 37.4 Å². The molecule has 2 aromatic heterocycles. The lowest BCUT2D eigenvalue weighted by Gasteiger charge is -2.32. The molecule has 0 aliphatic carbocycles. The van der Waals surface area contributed by atoms with E-state index in [9.17, 15) is 12.8 Å². The van der Waals surface area contributed by atoms with Gasteiger partial charge in [-0.2, -0.15) is 4.31 Å². The number of aryl methyl sites for hydroxylation is 2. The van der Waals surface area contributed by atoms with Crippen LogP contribution in [0.25, 0.3) is 11.3 Å². The average molecular weight is 567 g/mol. The number of hydrogen-bond donors (Lipinski definition) is 0. The second-order valence-corrected chi connectivity index (χ2v) is 13.3. The van der Waals surface area contributed by atoms with Gasteiger partial charge in [0.25, 0.3) is 10.0 Å². The van der Waals surface area contributed by atoms with E-state index < -0.39 is 10.0 Å². The minimum Gasteiger partial charge on any atom is -0.345 e. The van der Waals surface area contributed by atoms with Gasteiger partial charge in [-0.15, -0.1) is 0 Å². The monoisotopic (exact) mass is 566 g/mol. The third-order valence-corrected chi connectivity index (χ3v) is 11.0. The van der Waals surface area contributed by atoms with E-state index in [-0.39, 0.29) is 5.82 Å². The molecule has 8 nitrogen and oxygen atoms in total. The van der Waals surface area contributed by atoms with Gasteiger partial charge in [-0.3, -0.25) is 0 Å². The molecule has 0 atom stereocenters. The summed E-state index contributed by atoms with van der Waals surface area (Å²) in [6.07, 6.45) is 6.58. The maximum absolute atomic E-state index is 13.6. The van der Waals surface area contributed by atoms with Crippen LogP contribution in [-0.2, 0) is 36.0 Å². The molecule has 0 N–H and O–H groups in total. The highest BCUT2D eigenvalue weighted by atomic mass is 32.2. The summed E-state index contributed by atoms with van der Waals surface area (Å²) in [5.74, 6) is -0.236. The third kappa shape index (κ3) is 5.36. The van der Waals surface area contributed by atoms with Crippen LogP contribution in [0.5, 0.6) is 0 Å². The second kappa shape index (κ2) is 10.8. The molecule has 2 aliphatic rings. The first-order valence-electron chi connectivity index (χ1n) is 13.1. The van der Waals surface area contributed by atoms with Crippen LogP contribution in [0, 0.1) is 5.82 Å². The Labute approximate surface area is 232 Å². The number of likely N-dealkylation sites (N-methyl/N-ethyl adjacent to an activating group) is 1. The highest BCUT2D eigenvalue weighted by Crippen LogP contribution is 2.35. The molecule has 2 aromatic carbocycles. The van der Waals surface area contributed by atoms with Crippen molar-refractivity contribution in [1.82, 2.24) is 23.7 Å². The Balaban J connectivity index is 1.19. The van der Waals surface area contributed by atoms with E-state index in [1.165, 1.54) is 29.7 Å². The summed E-state index contributed by atoms with van der Waals surface area (Å²) in [6, 6.07) is 12.7. The zero-order valence-electron chi connectivity index (χ0n) is 21.8. The fraction of sp³-hybridized carbons (Fsp3) is 0.357. The highest BCUT2D eigenvalue weighted by Gasteiger charge is 2.32. The third-order valence-electron chi connectivity index (χ3n) is 7.61. The van der Waals surface area contributed by atoms with Crippen molar-refractivity contribution in [1.29, 1.82) is 0 Å². The topological polar surface area (TPSA) is 74.6 Å². The van der Waals surface area contributed by atoms with Gasteiger partial charge in [0.1, 0.15) is 5.82 Å². The van der Waals surface area contributed by atoms with E-state index in [4.69, 9.17) is 0 Å². The van der Waals surface area contributed by atoms with Crippen LogP contribution in [0.1, 0.15) is 16.7 Å². The summed E-state index contributed by atoms with van der Waals surface area (Å²) < 4.78 is 44.4. The van der Waals surface area contributed by atoms with E-state index in [0.717, 1.165) is 65.7 Å². The van der Waals surface area contributed by atoms with Crippen molar-refractivity contribution in [3.8, 4) is 11.3 Å². The van der Waals surface area contributed by atoms with Gasteiger partial charge in [-0.05, 0) is 48.7 Å². The van der Waals surface area contributed by atoms with Gasteiger partial charge >= 0.3 is 0 Å². The Morgan fingerprint density at radius 3 is 2.59 bits per heavy atom. The van der Waals surface area contributed by atoms with Crippen LogP contribution >= 0.6 is 11.3 Å². The van der Waals surface area contributed by atoms with Gasteiger partial charge in [0.15, 0.2) is 9.34 Å². The summed E-state index contributed by atoms with van der Waals surface area (Å²) in [6.45, 7) is 5.05. The second-order valence-electron chi connectivity index (χ2n) is 10.1. The average Bonchev–Trinajstić information content (AvgIpc) is 3.63. The fourth-order valence-electron chi connectivity index (χ4n) is 5.29. The Hall–Kier alpha value is -3.12. The summed E-state index contributed by atoms with van der Waals surface area (Å²) in [5.41, 5.74) is 5.32. The molecule has 0 radical (unpaired) electrons. The smallest absolute Gasteiger partial charge is 0.254 e. The first kappa shape index (κ1) is 26.1. The Morgan fingerprint density at radius 1 is 1.00 bits per heavy atom. The number of aromatic nitrogens is 3. The van der Waals surface area contributed by atoms with E-state index in [1.807, 2.05) is 36.8 Å². The van der Waals surface area contributed by atoms with Crippen molar-refractivity contribution >= 4 is 26.5 Å². The van der Waals surface area contributed by atoms with Crippen LogP contribution in [0.4, 0.5) is 9.52 Å². The molecule has 6 rings (SSSR count). The number of piperazine rings is 1. The maximum atomic E-state index is 13.6. The van der Waals surface area contributed by atoms with Crippen LogP contribution < -0.4 is 4.90 Å². The fourth-order valence-corrected chi connectivity index (χ4v) is 8.04. The number of anilines is 1. The quantitative estimate of drug-likeness (QED) is 0.338. The SMILES string of the molecule is CN1CCN(c2ncc(S(=O)(=O)N3CCc4c(cccc4-c4cncn4CCc4ccc(F)cc4)C3)s2)CC1. The Morgan fingerprint density at radius 2 is 1.79 bits per heavy atom. The molecule has 0 unspecified atom stereocenters. The zero-order chi connectivity index (χ0) is 27.0. The molecule has 4 heterocycles. The van der Waals surface area contributed by atoms with Crippen LogP contribution in [0.2, 0.25) is 0 Å². The van der Waals surface area contributed by atoms with Gasteiger partial charge in [-0.25, -0.2) is 22.8 Å². The normalized spacial score (nSPS) is 16.9. The maximum Gasteiger partial charge on any atom is 0.254 e. The van der Waals surface area contributed by atoms with Crippen molar-refractivity contribution in [2.24, 2.45) is 0 Å². The number of imidazole rings is 1. The lowest BCUT2D eigenvalue weighted by Crippen LogP contribution is -2.44. The molecule has 204 valence electrons. The number of nitrogens with zero attached hydrogens (tertiary/aromatic N) is 6. The molecular formula is C28H31FN6O2S2. The summed E-state index contributed by atoms with van der Waals surface area (Å²) >= 11 is 1.26. The molecule has 11 heteroatoms. The van der Waals surface area contributed by atoms with Gasteiger partial charge in [-0.1, -0.05) is 41.7 Å². The summed E-state index contributed by atoms with van der Waals surface area (Å²) in [4.78, 5) is 13.3. The molecule has 1 fully saturated rings. The zero-order valence-corrected chi connectivity index (χ0v) is 23.5. The van der Waals surface area contributed by atoms with Crippen LogP contribution in [0.3, 0.4) is 0 Å². The predicted molar refractivity (Wildman–Crippen MR) is 151 cm³/mol. The number of sulfonamides is 1. The van der Waals surface area contributed by atoms with Crippen molar-refractivity contribution < 1.29 is 12.8 Å². The molecule has 1 saturated heterocycles. The summed E-state index contributed by atoms with van der Waals surface area (Å²) in [5, 5.41) is 0.773. The van der Waals surface area contributed by atoms with Crippen LogP contribution in [0.15, 0.2) is 65.4 Å². The lowest BCUT2D eigenvalue weighted by molar-refractivity contribution is 0.313. The molecular weight excluding hydrogens is 535 g/mol. The van der Waals surface area contributed by atoms with Crippen molar-refractivity contribution in [2.45, 2.75) is 30.1 Å². The summed E-state index contributed by atoms with van der Waals surface area (Å²) in [7, 11) is -1.55. The van der Waals surface area contributed by atoms with E-state index in [1.54, 1.807) is 4.31 Å². The van der Waals surface area contributed by atoms with Crippen molar-refractivity contribution in [2.75, 3.05) is 44.7 Å². The Kier molecular flexibility index (Phi) is 7.23. The van der Waals surface area contributed by atoms with Gasteiger partial charge < -0.3 is 14.4 Å². The number of thiazole rings is 1. The number of fused-ring (bicyclic) bond motifs is 1. The first-order valence-corrected chi connectivity index (χ1v) is 15.4. The number of hydrogen-bond acceptors (Lipinski definition) is 7. The molecule has 0 saturated carbocycles. The number of rotatable bonds is 7. The van der Waals surface area contributed by atoms with Crippen LogP contribution in [-0.4, -0.2) is 71.9 Å². The minimum absolute atomic E-state index is 0.236. The van der Waals surface area contributed by atoms with E-state index >= 15 is 0 Å². The standard InChI is InChI=1S/C28H31FN6O2S2/c1-32-13-15-33(16-14-32)28-31-18-27(38-28)39(36,37)35-12-10-24-22(19-35)3-2-4-25(24)26-17-30-20-34(26)11-9-21-5-7-23(29)8-6-21/h2-8,17-18,20H,9-16,19H2,1H3. The molecule has 4 aromatic rings. The van der Waals surface area contributed by atoms with Crippen molar-refractivity contribution in [3.63, 3.8) is 0 Å². The minimum atomic E-state index is -3.64.